The van der Waals surface area contributed by atoms with Gasteiger partial charge in [0, 0.05) is 13.5 Å². The summed E-state index contributed by atoms with van der Waals surface area (Å²) in [6, 6.07) is 6.00. The minimum absolute atomic E-state index is 0.0231. The number of rotatable bonds is 2. The van der Waals surface area contributed by atoms with Gasteiger partial charge in [0.2, 0.25) is 0 Å². The van der Waals surface area contributed by atoms with Crippen LogP contribution in [0, 0.1) is 0 Å². The molecular formula is C11H15NO2. The van der Waals surface area contributed by atoms with Gasteiger partial charge in [0.15, 0.2) is 0 Å². The van der Waals surface area contributed by atoms with Crippen LogP contribution in [0.25, 0.3) is 0 Å². The molecule has 0 saturated carbocycles. The third kappa shape index (κ3) is 1.38. The van der Waals surface area contributed by atoms with E-state index in [1.54, 1.807) is 14.2 Å². The highest BCUT2D eigenvalue weighted by Crippen LogP contribution is 2.33. The van der Waals surface area contributed by atoms with Crippen LogP contribution in [0.1, 0.15) is 17.2 Å². The second kappa shape index (κ2) is 3.59. The Labute approximate surface area is 83.8 Å². The van der Waals surface area contributed by atoms with Gasteiger partial charge in [-0.25, -0.2) is 0 Å². The second-order valence-corrected chi connectivity index (χ2v) is 3.57. The van der Waals surface area contributed by atoms with Gasteiger partial charge in [-0.3, -0.25) is 0 Å². The molecule has 1 aliphatic rings. The number of fused-ring (bicyclic) bond motifs is 1. The Morgan fingerprint density at radius 3 is 2.79 bits per heavy atom. The smallest absolute Gasteiger partial charge is 0.119 e. The molecule has 3 heteroatoms. The van der Waals surface area contributed by atoms with Gasteiger partial charge in [0.25, 0.3) is 0 Å². The predicted octanol–water partition coefficient (Wildman–Crippen LogP) is 1.27. The zero-order valence-corrected chi connectivity index (χ0v) is 8.49. The van der Waals surface area contributed by atoms with Crippen LogP contribution in [-0.4, -0.2) is 20.3 Å². The standard InChI is InChI=1S/C11H15NO2/c1-13-8-4-3-7-5-10(14-2)11(12)9(7)6-8/h3-4,6,10-11H,5,12H2,1-2H3. The Morgan fingerprint density at radius 2 is 2.14 bits per heavy atom. The van der Waals surface area contributed by atoms with Gasteiger partial charge in [-0.05, 0) is 23.3 Å². The molecule has 2 unspecified atom stereocenters. The Bertz CT molecular complexity index is 338. The second-order valence-electron chi connectivity index (χ2n) is 3.57. The molecule has 3 nitrogen and oxygen atoms in total. The van der Waals surface area contributed by atoms with E-state index in [0.717, 1.165) is 17.7 Å². The van der Waals surface area contributed by atoms with Gasteiger partial charge in [-0.15, -0.1) is 0 Å². The van der Waals surface area contributed by atoms with E-state index in [1.807, 2.05) is 12.1 Å². The summed E-state index contributed by atoms with van der Waals surface area (Å²) in [6.07, 6.45) is 1.01. The van der Waals surface area contributed by atoms with Crippen molar-refractivity contribution in [1.82, 2.24) is 0 Å². The minimum Gasteiger partial charge on any atom is -0.497 e. The van der Waals surface area contributed by atoms with Gasteiger partial charge < -0.3 is 15.2 Å². The maximum Gasteiger partial charge on any atom is 0.119 e. The molecule has 1 aliphatic carbocycles. The molecule has 2 rings (SSSR count). The molecule has 76 valence electrons. The molecule has 0 bridgehead atoms. The summed E-state index contributed by atoms with van der Waals surface area (Å²) in [5, 5.41) is 0. The van der Waals surface area contributed by atoms with Crippen LogP contribution in [-0.2, 0) is 11.2 Å². The maximum absolute atomic E-state index is 6.04. The molecule has 2 N–H and O–H groups in total. The first-order valence-electron chi connectivity index (χ1n) is 4.71. The monoisotopic (exact) mass is 193 g/mol. The Kier molecular flexibility index (Phi) is 2.44. The summed E-state index contributed by atoms with van der Waals surface area (Å²) in [5.74, 6) is 0.857. The lowest BCUT2D eigenvalue weighted by Gasteiger charge is -2.13. The summed E-state index contributed by atoms with van der Waals surface area (Å²) < 4.78 is 10.5. The molecule has 0 aliphatic heterocycles. The van der Waals surface area contributed by atoms with E-state index in [0.29, 0.717) is 0 Å². The summed E-state index contributed by atoms with van der Waals surface area (Å²) >= 11 is 0. The Hall–Kier alpha value is -1.06. The number of nitrogens with two attached hydrogens (primary N) is 1. The normalized spacial score (nSPS) is 24.8. The topological polar surface area (TPSA) is 44.5 Å². The Morgan fingerprint density at radius 1 is 1.36 bits per heavy atom. The van der Waals surface area contributed by atoms with Crippen LogP contribution in [0.15, 0.2) is 18.2 Å². The van der Waals surface area contributed by atoms with Gasteiger partial charge in [-0.1, -0.05) is 6.07 Å². The molecule has 0 fully saturated rings. The molecule has 0 radical (unpaired) electrons. The lowest BCUT2D eigenvalue weighted by Crippen LogP contribution is -2.23. The largest absolute Gasteiger partial charge is 0.497 e. The quantitative estimate of drug-likeness (QED) is 0.769. The molecule has 1 aromatic carbocycles. The zero-order chi connectivity index (χ0) is 10.1. The van der Waals surface area contributed by atoms with Crippen LogP contribution in [0.5, 0.6) is 5.75 Å². The molecule has 0 amide bonds. The van der Waals surface area contributed by atoms with Crippen LogP contribution >= 0.6 is 0 Å². The first-order chi connectivity index (χ1) is 6.76. The van der Waals surface area contributed by atoms with Crippen LogP contribution in [0.4, 0.5) is 0 Å². The third-order valence-corrected chi connectivity index (χ3v) is 2.84. The number of methoxy groups -OCH3 is 2. The first kappa shape index (κ1) is 9.49. The van der Waals surface area contributed by atoms with E-state index in [1.165, 1.54) is 5.56 Å². The van der Waals surface area contributed by atoms with Gasteiger partial charge >= 0.3 is 0 Å². The van der Waals surface area contributed by atoms with E-state index >= 15 is 0 Å². The van der Waals surface area contributed by atoms with Crippen molar-refractivity contribution in [3.05, 3.63) is 29.3 Å². The fourth-order valence-corrected chi connectivity index (χ4v) is 1.97. The summed E-state index contributed by atoms with van der Waals surface area (Å²) in [7, 11) is 3.36. The average molecular weight is 193 g/mol. The fourth-order valence-electron chi connectivity index (χ4n) is 1.97. The molecule has 1 aromatic rings. The van der Waals surface area contributed by atoms with E-state index in [4.69, 9.17) is 15.2 Å². The average Bonchev–Trinajstić information content (AvgIpc) is 2.55. The number of ether oxygens (including phenoxy) is 2. The molecule has 0 spiro atoms. The highest BCUT2D eigenvalue weighted by molar-refractivity contribution is 5.42. The van der Waals surface area contributed by atoms with E-state index in [9.17, 15) is 0 Å². The fraction of sp³-hybridized carbons (Fsp3) is 0.455. The molecule has 0 heterocycles. The number of benzene rings is 1. The zero-order valence-electron chi connectivity index (χ0n) is 8.49. The maximum atomic E-state index is 6.04. The lowest BCUT2D eigenvalue weighted by molar-refractivity contribution is 0.0907. The lowest BCUT2D eigenvalue weighted by atomic mass is 10.1. The first-order valence-corrected chi connectivity index (χ1v) is 4.71. The van der Waals surface area contributed by atoms with Crippen molar-refractivity contribution < 1.29 is 9.47 Å². The molecule has 0 saturated heterocycles. The van der Waals surface area contributed by atoms with Crippen molar-refractivity contribution in [3.8, 4) is 5.75 Å². The van der Waals surface area contributed by atoms with Gasteiger partial charge in [0.1, 0.15) is 5.75 Å². The van der Waals surface area contributed by atoms with E-state index in [-0.39, 0.29) is 12.1 Å². The highest BCUT2D eigenvalue weighted by Gasteiger charge is 2.29. The van der Waals surface area contributed by atoms with Crippen molar-refractivity contribution >= 4 is 0 Å². The van der Waals surface area contributed by atoms with Crippen molar-refractivity contribution in [2.45, 2.75) is 18.6 Å². The van der Waals surface area contributed by atoms with Gasteiger partial charge in [-0.2, -0.15) is 0 Å². The summed E-state index contributed by atoms with van der Waals surface area (Å²) in [5.41, 5.74) is 8.46. The third-order valence-electron chi connectivity index (χ3n) is 2.84. The van der Waals surface area contributed by atoms with E-state index < -0.39 is 0 Å². The SMILES string of the molecule is COc1ccc2c(c1)C(N)C(OC)C2. The van der Waals surface area contributed by atoms with Crippen molar-refractivity contribution in [2.24, 2.45) is 5.73 Å². The highest BCUT2D eigenvalue weighted by atomic mass is 16.5. The predicted molar refractivity (Wildman–Crippen MR) is 54.4 cm³/mol. The van der Waals surface area contributed by atoms with Crippen molar-refractivity contribution in [1.29, 1.82) is 0 Å². The van der Waals surface area contributed by atoms with Crippen molar-refractivity contribution in [2.75, 3.05) is 14.2 Å². The van der Waals surface area contributed by atoms with Crippen molar-refractivity contribution in [3.63, 3.8) is 0 Å². The summed E-state index contributed by atoms with van der Waals surface area (Å²) in [4.78, 5) is 0. The number of hydrogen-bond acceptors (Lipinski definition) is 3. The minimum atomic E-state index is -0.0231. The van der Waals surface area contributed by atoms with Crippen LogP contribution in [0.3, 0.4) is 0 Å². The van der Waals surface area contributed by atoms with Crippen LogP contribution in [0.2, 0.25) is 0 Å². The molecular weight excluding hydrogens is 178 g/mol. The summed E-state index contributed by atoms with van der Waals surface area (Å²) in [6.45, 7) is 0. The van der Waals surface area contributed by atoms with E-state index in [2.05, 4.69) is 6.07 Å². The molecule has 14 heavy (non-hydrogen) atoms. The van der Waals surface area contributed by atoms with Gasteiger partial charge in [0.05, 0.1) is 19.3 Å². The van der Waals surface area contributed by atoms with Crippen LogP contribution < -0.4 is 10.5 Å². The number of hydrogen-bond donors (Lipinski definition) is 1. The molecule has 2 atom stereocenters. The molecule has 0 aromatic heterocycles. The Balaban J connectivity index is 2.35.